The van der Waals surface area contributed by atoms with E-state index < -0.39 is 7.12 Å². The molecule has 1 aliphatic rings. The first-order valence-corrected chi connectivity index (χ1v) is 6.46. The first-order chi connectivity index (χ1) is 8.75. The lowest BCUT2D eigenvalue weighted by Gasteiger charge is -2.12. The number of ether oxygens (including phenoxy) is 2. The zero-order valence-corrected chi connectivity index (χ0v) is 10.4. The Labute approximate surface area is 108 Å². The number of rotatable bonds is 6. The van der Waals surface area contributed by atoms with Gasteiger partial charge in [-0.2, -0.15) is 0 Å². The van der Waals surface area contributed by atoms with E-state index in [1.165, 1.54) is 12.8 Å². The van der Waals surface area contributed by atoms with E-state index in [1.54, 1.807) is 24.3 Å². The van der Waals surface area contributed by atoms with Crippen LogP contribution in [0.1, 0.15) is 25.7 Å². The molecule has 0 saturated heterocycles. The Morgan fingerprint density at radius 3 is 2.67 bits per heavy atom. The third-order valence-corrected chi connectivity index (χ3v) is 3.16. The van der Waals surface area contributed by atoms with Crippen molar-refractivity contribution in [2.24, 2.45) is 0 Å². The number of hydrogen-bond donors (Lipinski definition) is 2. The van der Waals surface area contributed by atoms with Crippen LogP contribution in [-0.4, -0.2) is 36.5 Å². The molecule has 0 unspecified atom stereocenters. The van der Waals surface area contributed by atoms with Gasteiger partial charge in [0.15, 0.2) is 0 Å². The van der Waals surface area contributed by atoms with Crippen molar-refractivity contribution < 1.29 is 19.5 Å². The Hall–Kier alpha value is -1.04. The summed E-state index contributed by atoms with van der Waals surface area (Å²) in [5.41, 5.74) is 0.434. The van der Waals surface area contributed by atoms with Crippen molar-refractivity contribution in [3.05, 3.63) is 24.3 Å². The highest BCUT2D eigenvalue weighted by molar-refractivity contribution is 6.58. The fraction of sp³-hybridized carbons (Fsp3) is 0.538. The summed E-state index contributed by atoms with van der Waals surface area (Å²) < 4.78 is 11.2. The highest BCUT2D eigenvalue weighted by atomic mass is 16.5. The lowest BCUT2D eigenvalue weighted by Crippen LogP contribution is -2.29. The maximum atomic E-state index is 9.04. The minimum absolute atomic E-state index is 0.402. The molecule has 0 amide bonds. The summed E-state index contributed by atoms with van der Waals surface area (Å²) in [7, 11) is -1.46. The molecule has 0 atom stereocenters. The smallest absolute Gasteiger partial charge is 0.488 e. The quantitative estimate of drug-likeness (QED) is 0.576. The van der Waals surface area contributed by atoms with Gasteiger partial charge >= 0.3 is 7.12 Å². The first-order valence-electron chi connectivity index (χ1n) is 6.46. The van der Waals surface area contributed by atoms with Gasteiger partial charge in [0.25, 0.3) is 0 Å². The fourth-order valence-electron chi connectivity index (χ4n) is 2.19. The molecule has 98 valence electrons. The Morgan fingerprint density at radius 1 is 1.17 bits per heavy atom. The SMILES string of the molecule is OB(O)c1cccc(OCCOC2CCCC2)c1. The van der Waals surface area contributed by atoms with Crippen molar-refractivity contribution in [3.63, 3.8) is 0 Å². The molecule has 4 nitrogen and oxygen atoms in total. The molecule has 0 heterocycles. The van der Waals surface area contributed by atoms with Gasteiger partial charge in [0.05, 0.1) is 12.7 Å². The molecule has 0 spiro atoms. The molecule has 2 rings (SSSR count). The number of benzene rings is 1. The average Bonchev–Trinajstić information content (AvgIpc) is 2.88. The van der Waals surface area contributed by atoms with Gasteiger partial charge in [-0.3, -0.25) is 0 Å². The van der Waals surface area contributed by atoms with Crippen LogP contribution in [0.5, 0.6) is 5.75 Å². The lowest BCUT2D eigenvalue weighted by atomic mass is 9.80. The first kappa shape index (κ1) is 13.4. The highest BCUT2D eigenvalue weighted by Crippen LogP contribution is 2.20. The molecule has 0 aromatic heterocycles. The third kappa shape index (κ3) is 4.01. The van der Waals surface area contributed by atoms with Gasteiger partial charge in [-0.15, -0.1) is 0 Å². The summed E-state index contributed by atoms with van der Waals surface area (Å²) in [5, 5.41) is 18.1. The summed E-state index contributed by atoms with van der Waals surface area (Å²) in [6.07, 6.45) is 5.25. The maximum absolute atomic E-state index is 9.04. The zero-order valence-electron chi connectivity index (χ0n) is 10.4. The maximum Gasteiger partial charge on any atom is 0.488 e. The van der Waals surface area contributed by atoms with Gasteiger partial charge in [-0.05, 0) is 30.4 Å². The van der Waals surface area contributed by atoms with E-state index in [2.05, 4.69) is 0 Å². The standard InChI is InChI=1S/C13H19BO4/c15-14(16)11-4-3-7-13(10-11)18-9-8-17-12-5-1-2-6-12/h3-4,7,10,12,15-16H,1-2,5-6,8-9H2. The van der Waals surface area contributed by atoms with Crippen LogP contribution in [0.4, 0.5) is 0 Å². The van der Waals surface area contributed by atoms with Crippen molar-refractivity contribution in [1.29, 1.82) is 0 Å². The molecule has 1 aliphatic carbocycles. The van der Waals surface area contributed by atoms with Crippen LogP contribution < -0.4 is 10.2 Å². The van der Waals surface area contributed by atoms with Gasteiger partial charge < -0.3 is 19.5 Å². The van der Waals surface area contributed by atoms with E-state index in [4.69, 9.17) is 19.5 Å². The van der Waals surface area contributed by atoms with Gasteiger partial charge in [-0.1, -0.05) is 25.0 Å². The van der Waals surface area contributed by atoms with E-state index >= 15 is 0 Å². The lowest BCUT2D eigenvalue weighted by molar-refractivity contribution is 0.0382. The zero-order chi connectivity index (χ0) is 12.8. The molecule has 18 heavy (non-hydrogen) atoms. The monoisotopic (exact) mass is 250 g/mol. The van der Waals surface area contributed by atoms with Crippen LogP contribution >= 0.6 is 0 Å². The predicted octanol–water partition coefficient (Wildman–Crippen LogP) is 0.704. The van der Waals surface area contributed by atoms with E-state index in [-0.39, 0.29) is 0 Å². The Balaban J connectivity index is 1.70. The number of hydrogen-bond acceptors (Lipinski definition) is 4. The normalized spacial score (nSPS) is 15.9. The summed E-state index contributed by atoms with van der Waals surface area (Å²) >= 11 is 0. The van der Waals surface area contributed by atoms with Gasteiger partial charge in [0, 0.05) is 0 Å². The highest BCUT2D eigenvalue weighted by Gasteiger charge is 2.15. The fourth-order valence-corrected chi connectivity index (χ4v) is 2.19. The van der Waals surface area contributed by atoms with Crippen molar-refractivity contribution in [2.45, 2.75) is 31.8 Å². The molecule has 1 aromatic rings. The van der Waals surface area contributed by atoms with Crippen LogP contribution in [0.15, 0.2) is 24.3 Å². The largest absolute Gasteiger partial charge is 0.491 e. The third-order valence-electron chi connectivity index (χ3n) is 3.16. The van der Waals surface area contributed by atoms with Crippen molar-refractivity contribution >= 4 is 12.6 Å². The second-order valence-electron chi connectivity index (χ2n) is 4.57. The van der Waals surface area contributed by atoms with E-state index in [0.29, 0.717) is 30.5 Å². The Bertz CT molecular complexity index is 364. The molecule has 2 N–H and O–H groups in total. The topological polar surface area (TPSA) is 58.9 Å². The Morgan fingerprint density at radius 2 is 1.94 bits per heavy atom. The molecular weight excluding hydrogens is 231 g/mol. The van der Waals surface area contributed by atoms with E-state index in [9.17, 15) is 0 Å². The minimum Gasteiger partial charge on any atom is -0.491 e. The average molecular weight is 250 g/mol. The van der Waals surface area contributed by atoms with Crippen LogP contribution in [0, 0.1) is 0 Å². The summed E-state index contributed by atoms with van der Waals surface area (Å²) in [5.74, 6) is 0.635. The van der Waals surface area contributed by atoms with Crippen LogP contribution in [-0.2, 0) is 4.74 Å². The van der Waals surface area contributed by atoms with Crippen LogP contribution in [0.3, 0.4) is 0 Å². The molecule has 0 aliphatic heterocycles. The van der Waals surface area contributed by atoms with Gasteiger partial charge in [0.2, 0.25) is 0 Å². The summed E-state index contributed by atoms with van der Waals surface area (Å²) in [4.78, 5) is 0. The molecule has 1 saturated carbocycles. The molecule has 1 fully saturated rings. The van der Waals surface area contributed by atoms with E-state index in [1.807, 2.05) is 0 Å². The van der Waals surface area contributed by atoms with Crippen molar-refractivity contribution in [2.75, 3.05) is 13.2 Å². The van der Waals surface area contributed by atoms with Crippen molar-refractivity contribution in [1.82, 2.24) is 0 Å². The molecular formula is C13H19BO4. The predicted molar refractivity (Wildman–Crippen MR) is 70.0 cm³/mol. The Kier molecular flexibility index (Phi) is 5.05. The molecule has 0 bridgehead atoms. The molecule has 5 heteroatoms. The molecule has 1 aromatic carbocycles. The second kappa shape index (κ2) is 6.78. The van der Waals surface area contributed by atoms with Gasteiger partial charge in [0.1, 0.15) is 12.4 Å². The summed E-state index contributed by atoms with van der Waals surface area (Å²) in [6.45, 7) is 1.07. The minimum atomic E-state index is -1.46. The van der Waals surface area contributed by atoms with E-state index in [0.717, 1.165) is 12.8 Å². The van der Waals surface area contributed by atoms with Crippen LogP contribution in [0.2, 0.25) is 0 Å². The second-order valence-corrected chi connectivity index (χ2v) is 4.57. The van der Waals surface area contributed by atoms with Crippen LogP contribution in [0.25, 0.3) is 0 Å². The molecule has 0 radical (unpaired) electrons. The van der Waals surface area contributed by atoms with Gasteiger partial charge in [-0.25, -0.2) is 0 Å². The van der Waals surface area contributed by atoms with Crippen molar-refractivity contribution in [3.8, 4) is 5.75 Å². The summed E-state index contributed by atoms with van der Waals surface area (Å²) in [6, 6.07) is 6.80.